The van der Waals surface area contributed by atoms with E-state index in [4.69, 9.17) is 0 Å². The third-order valence-corrected chi connectivity index (χ3v) is 4.81. The average molecular weight is 338 g/mol. The number of H-pyrrole nitrogens is 1. The van der Waals surface area contributed by atoms with Crippen molar-refractivity contribution >= 4 is 39.4 Å². The number of fused-ring (bicyclic) bond motifs is 1. The number of hydrogen-bond donors (Lipinski definition) is 2. The van der Waals surface area contributed by atoms with Crippen LogP contribution < -0.4 is 5.32 Å². The summed E-state index contributed by atoms with van der Waals surface area (Å²) >= 11 is 5.12. The first kappa shape index (κ1) is 12.7. The number of aromatic nitrogens is 2. The Labute approximate surface area is 123 Å². The van der Waals surface area contributed by atoms with Crippen molar-refractivity contribution in [1.29, 1.82) is 0 Å². The molecule has 98 valence electrons. The van der Waals surface area contributed by atoms with Crippen LogP contribution in [0.1, 0.15) is 22.1 Å². The molecule has 1 amide bonds. The highest BCUT2D eigenvalue weighted by Crippen LogP contribution is 2.42. The van der Waals surface area contributed by atoms with Crippen molar-refractivity contribution in [3.8, 4) is 0 Å². The second kappa shape index (κ2) is 5.02. The minimum Gasteiger partial charge on any atom is -0.308 e. The van der Waals surface area contributed by atoms with Crippen LogP contribution in [-0.4, -0.2) is 21.9 Å². The molecular weight excluding hydrogens is 326 g/mol. The van der Waals surface area contributed by atoms with Gasteiger partial charge in [-0.3, -0.25) is 9.89 Å². The van der Waals surface area contributed by atoms with Gasteiger partial charge in [0.2, 0.25) is 5.91 Å². The van der Waals surface area contributed by atoms with E-state index in [9.17, 15) is 4.79 Å². The maximum atomic E-state index is 11.7. The molecule has 0 saturated heterocycles. The lowest BCUT2D eigenvalue weighted by Crippen LogP contribution is -2.12. The number of halogens is 1. The van der Waals surface area contributed by atoms with Gasteiger partial charge < -0.3 is 5.32 Å². The first-order valence-electron chi connectivity index (χ1n) is 5.87. The van der Waals surface area contributed by atoms with Crippen molar-refractivity contribution in [3.05, 3.63) is 45.6 Å². The first-order valence-corrected chi connectivity index (χ1v) is 7.71. The van der Waals surface area contributed by atoms with E-state index < -0.39 is 0 Å². The number of carbonyl (C=O) groups excluding carboxylic acids is 1. The molecule has 0 spiro atoms. The molecule has 1 unspecified atom stereocenters. The van der Waals surface area contributed by atoms with Crippen molar-refractivity contribution in [1.82, 2.24) is 10.2 Å². The molecule has 2 N–H and O–H groups in total. The number of nitrogens with one attached hydrogen (secondary N) is 2. The molecule has 4 nitrogen and oxygen atoms in total. The van der Waals surface area contributed by atoms with E-state index in [0.29, 0.717) is 11.6 Å². The summed E-state index contributed by atoms with van der Waals surface area (Å²) < 4.78 is 1.04. The van der Waals surface area contributed by atoms with Gasteiger partial charge in [-0.25, -0.2) is 0 Å². The van der Waals surface area contributed by atoms with Crippen LogP contribution in [0.25, 0.3) is 0 Å². The van der Waals surface area contributed by atoms with E-state index in [1.807, 2.05) is 19.1 Å². The minimum absolute atomic E-state index is 0.00440. The van der Waals surface area contributed by atoms with Gasteiger partial charge in [-0.1, -0.05) is 28.1 Å². The number of carbonyl (C=O) groups is 1. The molecule has 0 aliphatic carbocycles. The van der Waals surface area contributed by atoms with Crippen molar-refractivity contribution in [2.45, 2.75) is 12.2 Å². The minimum atomic E-state index is -0.00440. The molecule has 19 heavy (non-hydrogen) atoms. The maximum Gasteiger partial charge on any atom is 0.235 e. The predicted octanol–water partition coefficient (Wildman–Crippen LogP) is 3.26. The topological polar surface area (TPSA) is 57.8 Å². The van der Waals surface area contributed by atoms with Crippen LogP contribution in [0.3, 0.4) is 0 Å². The molecule has 2 aromatic rings. The van der Waals surface area contributed by atoms with E-state index >= 15 is 0 Å². The molecule has 0 bridgehead atoms. The van der Waals surface area contributed by atoms with E-state index in [2.05, 4.69) is 43.6 Å². The van der Waals surface area contributed by atoms with Crippen LogP contribution in [-0.2, 0) is 4.79 Å². The lowest BCUT2D eigenvalue weighted by atomic mass is 10.0. The third-order valence-electron chi connectivity index (χ3n) is 3.05. The largest absolute Gasteiger partial charge is 0.308 e. The highest BCUT2D eigenvalue weighted by atomic mass is 79.9. The van der Waals surface area contributed by atoms with Gasteiger partial charge in [0.15, 0.2) is 5.82 Å². The molecule has 0 fully saturated rings. The average Bonchev–Trinajstić information content (AvgIpc) is 2.64. The van der Waals surface area contributed by atoms with Crippen LogP contribution in [0.2, 0.25) is 0 Å². The number of amides is 1. The van der Waals surface area contributed by atoms with Gasteiger partial charge in [0.05, 0.1) is 11.0 Å². The summed E-state index contributed by atoms with van der Waals surface area (Å²) in [5.74, 6) is 1.08. The third kappa shape index (κ3) is 2.42. The van der Waals surface area contributed by atoms with Crippen LogP contribution >= 0.6 is 27.7 Å². The Bertz CT molecular complexity index is 641. The molecule has 0 saturated carbocycles. The van der Waals surface area contributed by atoms with Gasteiger partial charge in [-0.15, -0.1) is 11.8 Å². The molecule has 0 radical (unpaired) electrons. The number of benzene rings is 1. The van der Waals surface area contributed by atoms with Crippen molar-refractivity contribution in [3.63, 3.8) is 0 Å². The Kier molecular flexibility index (Phi) is 3.36. The molecule has 1 atom stereocenters. The number of anilines is 1. The maximum absolute atomic E-state index is 11.7. The van der Waals surface area contributed by atoms with Gasteiger partial charge in [0.1, 0.15) is 0 Å². The molecule has 6 heteroatoms. The zero-order valence-corrected chi connectivity index (χ0v) is 12.6. The van der Waals surface area contributed by atoms with Gasteiger partial charge in [-0.05, 0) is 24.6 Å². The first-order chi connectivity index (χ1) is 9.15. The van der Waals surface area contributed by atoms with E-state index in [-0.39, 0.29) is 11.2 Å². The molecular formula is C13H12BrN3OS. The van der Waals surface area contributed by atoms with Gasteiger partial charge in [0.25, 0.3) is 0 Å². The Morgan fingerprint density at radius 1 is 1.47 bits per heavy atom. The van der Waals surface area contributed by atoms with Crippen LogP contribution in [0.4, 0.5) is 5.82 Å². The molecule has 1 aliphatic heterocycles. The van der Waals surface area contributed by atoms with Gasteiger partial charge >= 0.3 is 0 Å². The van der Waals surface area contributed by atoms with Gasteiger partial charge in [-0.2, -0.15) is 5.10 Å². The van der Waals surface area contributed by atoms with Crippen molar-refractivity contribution in [2.24, 2.45) is 0 Å². The summed E-state index contributed by atoms with van der Waals surface area (Å²) in [4.78, 5) is 11.7. The number of hydrogen-bond acceptors (Lipinski definition) is 3. The predicted molar refractivity (Wildman–Crippen MR) is 80.4 cm³/mol. The molecule has 1 aromatic carbocycles. The molecule has 2 heterocycles. The number of nitrogens with zero attached hydrogens (tertiary/aromatic N) is 1. The zero-order chi connectivity index (χ0) is 13.4. The van der Waals surface area contributed by atoms with E-state index in [1.54, 1.807) is 11.8 Å². The molecule has 1 aromatic heterocycles. The lowest BCUT2D eigenvalue weighted by molar-refractivity contribution is -0.113. The van der Waals surface area contributed by atoms with E-state index in [1.165, 1.54) is 5.56 Å². The SMILES string of the molecule is Cc1[nH]nc2c1C(c1cccc(Br)c1)SCC(=O)N2. The normalized spacial score (nSPS) is 18.6. The number of aryl methyl sites for hydroxylation is 1. The van der Waals surface area contributed by atoms with E-state index in [0.717, 1.165) is 15.7 Å². The standard InChI is InChI=1S/C13H12BrN3OS/c1-7-11-12(8-3-2-4-9(14)5-8)19-6-10(18)15-13(11)17-16-7/h2-5,12H,6H2,1H3,(H2,15,16,17,18). The second-order valence-electron chi connectivity index (χ2n) is 4.41. The molecule has 1 aliphatic rings. The van der Waals surface area contributed by atoms with Crippen LogP contribution in [0.5, 0.6) is 0 Å². The monoisotopic (exact) mass is 337 g/mol. The smallest absolute Gasteiger partial charge is 0.235 e. The fourth-order valence-corrected chi connectivity index (χ4v) is 3.80. The summed E-state index contributed by atoms with van der Waals surface area (Å²) in [7, 11) is 0. The summed E-state index contributed by atoms with van der Waals surface area (Å²) in [5, 5.41) is 10.1. The molecule has 3 rings (SSSR count). The lowest BCUT2D eigenvalue weighted by Gasteiger charge is -2.15. The summed E-state index contributed by atoms with van der Waals surface area (Å²) in [6.45, 7) is 1.98. The Hall–Kier alpha value is -1.27. The number of thioether (sulfide) groups is 1. The number of aromatic amines is 1. The second-order valence-corrected chi connectivity index (χ2v) is 6.41. The Balaban J connectivity index is 2.11. The van der Waals surface area contributed by atoms with Crippen molar-refractivity contribution < 1.29 is 4.79 Å². The zero-order valence-electron chi connectivity index (χ0n) is 10.2. The van der Waals surface area contributed by atoms with Crippen molar-refractivity contribution in [2.75, 3.05) is 11.1 Å². The van der Waals surface area contributed by atoms with Crippen LogP contribution in [0.15, 0.2) is 28.7 Å². The van der Waals surface area contributed by atoms with Gasteiger partial charge in [0, 0.05) is 15.7 Å². The highest BCUT2D eigenvalue weighted by molar-refractivity contribution is 9.10. The quantitative estimate of drug-likeness (QED) is 0.839. The number of rotatable bonds is 1. The fraction of sp³-hybridized carbons (Fsp3) is 0.231. The fourth-order valence-electron chi connectivity index (χ4n) is 2.20. The highest BCUT2D eigenvalue weighted by Gasteiger charge is 2.28. The summed E-state index contributed by atoms with van der Waals surface area (Å²) in [6.07, 6.45) is 0. The van der Waals surface area contributed by atoms with Crippen LogP contribution in [0, 0.1) is 6.92 Å². The Morgan fingerprint density at radius 2 is 2.32 bits per heavy atom. The Morgan fingerprint density at radius 3 is 3.11 bits per heavy atom. The summed E-state index contributed by atoms with van der Waals surface area (Å²) in [5.41, 5.74) is 3.23. The summed E-state index contributed by atoms with van der Waals surface area (Å²) in [6, 6.07) is 8.17.